The van der Waals surface area contributed by atoms with E-state index < -0.39 is 24.0 Å². The maximum absolute atomic E-state index is 10.9. The molecule has 0 aliphatic heterocycles. The van der Waals surface area contributed by atoms with Crippen LogP contribution in [0.4, 0.5) is 5.69 Å². The van der Waals surface area contributed by atoms with Crippen LogP contribution in [0.5, 0.6) is 0 Å². The maximum Gasteiger partial charge on any atom is 0.303 e. The van der Waals surface area contributed by atoms with Crippen molar-refractivity contribution in [1.29, 1.82) is 0 Å². The van der Waals surface area contributed by atoms with Gasteiger partial charge in [-0.1, -0.05) is 78.0 Å². The minimum absolute atomic E-state index is 0.00537. The van der Waals surface area contributed by atoms with Gasteiger partial charge in [-0.05, 0) is 90.3 Å². The summed E-state index contributed by atoms with van der Waals surface area (Å²) in [6.07, 6.45) is 2.68. The van der Waals surface area contributed by atoms with E-state index in [0.29, 0.717) is 6.42 Å². The quantitative estimate of drug-likeness (QED) is 0.234. The molecule has 0 saturated carbocycles. The topological polar surface area (TPSA) is 59.0 Å². The lowest BCUT2D eigenvalue weighted by Crippen LogP contribution is -2.31. The average molecular weight is 598 g/mol. The van der Waals surface area contributed by atoms with E-state index in [1.165, 1.54) is 16.7 Å². The second kappa shape index (κ2) is 14.8. The number of allylic oxidation sites excluding steroid dienone is 2. The fraction of sp³-hybridized carbons (Fsp3) is 0.559. The predicted molar refractivity (Wildman–Crippen MR) is 180 cm³/mol. The lowest BCUT2D eigenvalue weighted by molar-refractivity contribution is -0.136. The zero-order valence-corrected chi connectivity index (χ0v) is 30.0. The van der Waals surface area contributed by atoms with Crippen LogP contribution in [0.2, 0.25) is 26.2 Å². The minimum atomic E-state index is -1.32. The van der Waals surface area contributed by atoms with E-state index in [4.69, 9.17) is 14.0 Å². The highest BCUT2D eigenvalue weighted by Crippen LogP contribution is 2.45. The fourth-order valence-corrected chi connectivity index (χ4v) is 7.30. The van der Waals surface area contributed by atoms with Gasteiger partial charge in [0.15, 0.2) is 18.1 Å². The van der Waals surface area contributed by atoms with Crippen molar-refractivity contribution in [3.05, 3.63) is 70.8 Å². The molecule has 7 heteroatoms. The standard InChI is InChI=1S/C34H55NO4Si2/c1-24(15-13-18-30(36)37)26-16-14-17-27(22-26)35(8)23-25-19-20-28(31(33(2,3)4)38-40(9)10)29(21-25)32(34(5,6)7)39-41(11)12/h14-17,19-22,31-32,40-41H,13,18,23H2,1-12H3,(H,36,37)/b24-15+. The van der Waals surface area contributed by atoms with Gasteiger partial charge >= 0.3 is 5.97 Å². The van der Waals surface area contributed by atoms with Crippen LogP contribution in [0.1, 0.15) is 95.8 Å². The van der Waals surface area contributed by atoms with Crippen LogP contribution in [0.3, 0.4) is 0 Å². The van der Waals surface area contributed by atoms with Gasteiger partial charge in [-0.3, -0.25) is 4.79 Å². The van der Waals surface area contributed by atoms with Gasteiger partial charge < -0.3 is 18.9 Å². The van der Waals surface area contributed by atoms with E-state index in [2.05, 4.69) is 122 Å². The number of carboxylic acid groups (broad SMARTS) is 1. The number of hydrogen-bond acceptors (Lipinski definition) is 4. The number of hydrogen-bond donors (Lipinski definition) is 1. The molecular formula is C34H55NO4Si2. The van der Waals surface area contributed by atoms with Crippen LogP contribution in [0, 0.1) is 10.8 Å². The van der Waals surface area contributed by atoms with Crippen molar-refractivity contribution in [2.45, 2.75) is 106 Å². The first kappa shape index (κ1) is 35.0. The summed E-state index contributed by atoms with van der Waals surface area (Å²) in [5.74, 6) is -0.769. The van der Waals surface area contributed by atoms with Gasteiger partial charge in [-0.2, -0.15) is 0 Å². The number of carboxylic acids is 1. The Morgan fingerprint density at radius 2 is 1.46 bits per heavy atom. The molecule has 2 unspecified atom stereocenters. The van der Waals surface area contributed by atoms with E-state index in [9.17, 15) is 4.79 Å². The minimum Gasteiger partial charge on any atom is -0.481 e. The highest BCUT2D eigenvalue weighted by Gasteiger charge is 2.36. The van der Waals surface area contributed by atoms with Gasteiger partial charge in [0.05, 0.1) is 12.2 Å². The number of carbonyl (C=O) groups is 1. The molecule has 0 spiro atoms. The Morgan fingerprint density at radius 1 is 0.902 bits per heavy atom. The van der Waals surface area contributed by atoms with Crippen molar-refractivity contribution >= 4 is 35.3 Å². The molecule has 2 atom stereocenters. The third-order valence-corrected chi connectivity index (χ3v) is 8.71. The van der Waals surface area contributed by atoms with Gasteiger partial charge in [0.1, 0.15) is 0 Å². The Morgan fingerprint density at radius 3 is 1.98 bits per heavy atom. The Labute approximate surface area is 253 Å². The Hall–Kier alpha value is -2.20. The van der Waals surface area contributed by atoms with E-state index in [0.717, 1.165) is 23.4 Å². The second-order valence-electron chi connectivity index (χ2n) is 14.1. The van der Waals surface area contributed by atoms with Gasteiger partial charge in [-0.15, -0.1) is 0 Å². The van der Waals surface area contributed by atoms with Gasteiger partial charge in [0, 0.05) is 25.7 Å². The van der Waals surface area contributed by atoms with Crippen molar-refractivity contribution in [3.8, 4) is 0 Å². The van der Waals surface area contributed by atoms with Crippen LogP contribution in [0.25, 0.3) is 5.57 Å². The highest BCUT2D eigenvalue weighted by atomic mass is 28.3. The van der Waals surface area contributed by atoms with Gasteiger partial charge in [-0.25, -0.2) is 0 Å². The first-order valence-corrected chi connectivity index (χ1v) is 20.6. The fourth-order valence-electron chi connectivity index (χ4n) is 5.10. The molecule has 0 aliphatic rings. The molecule has 0 aromatic heterocycles. The predicted octanol–water partition coefficient (Wildman–Crippen LogP) is 8.77. The molecular weight excluding hydrogens is 543 g/mol. The summed E-state index contributed by atoms with van der Waals surface area (Å²) in [5.41, 5.74) is 6.97. The van der Waals surface area contributed by atoms with Crippen LogP contribution in [-0.4, -0.2) is 36.2 Å². The van der Waals surface area contributed by atoms with E-state index in [1.807, 2.05) is 13.0 Å². The van der Waals surface area contributed by atoms with Crippen LogP contribution in [0.15, 0.2) is 48.5 Å². The normalized spacial score (nSPS) is 14.4. The number of rotatable bonds is 13. The smallest absolute Gasteiger partial charge is 0.303 e. The molecule has 41 heavy (non-hydrogen) atoms. The number of aliphatic carboxylic acids is 1. The summed E-state index contributed by atoms with van der Waals surface area (Å²) in [4.78, 5) is 13.2. The van der Waals surface area contributed by atoms with Crippen molar-refractivity contribution < 1.29 is 18.8 Å². The second-order valence-corrected chi connectivity index (χ2v) is 18.8. The monoisotopic (exact) mass is 597 g/mol. The third kappa shape index (κ3) is 10.9. The summed E-state index contributed by atoms with van der Waals surface area (Å²) in [7, 11) is -0.497. The van der Waals surface area contributed by atoms with Gasteiger partial charge in [0.25, 0.3) is 0 Å². The van der Waals surface area contributed by atoms with E-state index >= 15 is 0 Å². The molecule has 0 heterocycles. The summed E-state index contributed by atoms with van der Waals surface area (Å²) in [6.45, 7) is 25.4. The lowest BCUT2D eigenvalue weighted by Gasteiger charge is -2.39. The number of nitrogens with zero attached hydrogens (tertiary/aromatic N) is 1. The van der Waals surface area contributed by atoms with Crippen molar-refractivity contribution in [2.75, 3.05) is 11.9 Å². The Kier molecular flexibility index (Phi) is 12.6. The van der Waals surface area contributed by atoms with Crippen LogP contribution >= 0.6 is 0 Å². The number of benzene rings is 2. The number of anilines is 1. The molecule has 0 aliphatic carbocycles. The van der Waals surface area contributed by atoms with E-state index in [1.54, 1.807) is 0 Å². The summed E-state index contributed by atoms with van der Waals surface area (Å²) >= 11 is 0. The van der Waals surface area contributed by atoms with Crippen molar-refractivity contribution in [1.82, 2.24) is 0 Å². The molecule has 5 nitrogen and oxygen atoms in total. The zero-order valence-electron chi connectivity index (χ0n) is 27.7. The Balaban J connectivity index is 2.52. The largest absolute Gasteiger partial charge is 0.481 e. The molecule has 0 amide bonds. The van der Waals surface area contributed by atoms with Gasteiger partial charge in [0.2, 0.25) is 0 Å². The first-order valence-electron chi connectivity index (χ1n) is 15.0. The van der Waals surface area contributed by atoms with Crippen LogP contribution < -0.4 is 4.90 Å². The summed E-state index contributed by atoms with van der Waals surface area (Å²) in [5, 5.41) is 8.97. The molecule has 0 bridgehead atoms. The van der Waals surface area contributed by atoms with Crippen molar-refractivity contribution in [3.63, 3.8) is 0 Å². The summed E-state index contributed by atoms with van der Waals surface area (Å²) in [6, 6.07) is 15.4. The molecule has 2 aromatic carbocycles. The molecule has 2 aromatic rings. The Bertz CT molecular complexity index is 1180. The third-order valence-electron chi connectivity index (χ3n) is 7.08. The van der Waals surface area contributed by atoms with Crippen molar-refractivity contribution in [2.24, 2.45) is 10.8 Å². The molecule has 1 N–H and O–H groups in total. The lowest BCUT2D eigenvalue weighted by atomic mass is 9.77. The summed E-state index contributed by atoms with van der Waals surface area (Å²) < 4.78 is 13.5. The first-order chi connectivity index (χ1) is 18.9. The van der Waals surface area contributed by atoms with Crippen LogP contribution in [-0.2, 0) is 20.2 Å². The van der Waals surface area contributed by atoms with E-state index in [-0.39, 0.29) is 29.5 Å². The molecule has 2 rings (SSSR count). The maximum atomic E-state index is 10.9. The molecule has 0 fully saturated rings. The zero-order chi connectivity index (χ0) is 31.1. The molecule has 228 valence electrons. The highest BCUT2D eigenvalue weighted by molar-refractivity contribution is 6.48. The SMILES string of the molecule is C/C(=C\CCC(=O)O)c1cccc(N(C)Cc2ccc(C(O[SiH](C)C)C(C)(C)C)c(C(O[SiH](C)C)C(C)(C)C)c2)c1. The average Bonchev–Trinajstić information content (AvgIpc) is 2.84. The molecule has 0 radical (unpaired) electrons. The molecule has 0 saturated heterocycles.